The van der Waals surface area contributed by atoms with Crippen molar-refractivity contribution in [3.05, 3.63) is 22.3 Å². The van der Waals surface area contributed by atoms with Crippen molar-refractivity contribution < 1.29 is 13.2 Å². The summed E-state index contributed by atoms with van der Waals surface area (Å²) in [6.07, 6.45) is -3.39. The van der Waals surface area contributed by atoms with E-state index >= 15 is 0 Å². The molecule has 2 aromatic heterocycles. The molecule has 1 fully saturated rings. The summed E-state index contributed by atoms with van der Waals surface area (Å²) in [6.45, 7) is 0.945. The van der Waals surface area contributed by atoms with Crippen LogP contribution in [-0.2, 0) is 13.7 Å². The smallest absolute Gasteiger partial charge is 0.302 e. The highest BCUT2D eigenvalue weighted by Crippen LogP contribution is 2.33. The summed E-state index contributed by atoms with van der Waals surface area (Å²) in [4.78, 5) is 2.77. The zero-order valence-electron chi connectivity index (χ0n) is 12.6. The molecular formula is C14H17F3N4S2. The van der Waals surface area contributed by atoms with Gasteiger partial charge < -0.3 is 4.57 Å². The van der Waals surface area contributed by atoms with Gasteiger partial charge in [-0.2, -0.15) is 13.2 Å². The van der Waals surface area contributed by atoms with Crippen LogP contribution in [0.3, 0.4) is 0 Å². The molecule has 1 atom stereocenters. The van der Waals surface area contributed by atoms with Gasteiger partial charge in [-0.05, 0) is 43.1 Å². The lowest BCUT2D eigenvalue weighted by molar-refractivity contribution is -0.188. The minimum atomic E-state index is -4.13. The number of hydrogen-bond donors (Lipinski definition) is 0. The van der Waals surface area contributed by atoms with Crippen molar-refractivity contribution in [2.45, 2.75) is 25.7 Å². The van der Waals surface area contributed by atoms with Crippen LogP contribution in [0.15, 0.2) is 17.5 Å². The normalized spacial score (nSPS) is 20.1. The van der Waals surface area contributed by atoms with Gasteiger partial charge in [-0.3, -0.25) is 4.90 Å². The van der Waals surface area contributed by atoms with Gasteiger partial charge in [0.2, 0.25) is 0 Å². The van der Waals surface area contributed by atoms with Crippen LogP contribution in [-0.4, -0.2) is 38.5 Å². The lowest BCUT2D eigenvalue weighted by atomic mass is 9.98. The highest BCUT2D eigenvalue weighted by atomic mass is 32.1. The van der Waals surface area contributed by atoms with Gasteiger partial charge in [0.05, 0.1) is 17.5 Å². The molecule has 0 radical (unpaired) electrons. The Bertz CT molecular complexity index is 717. The maximum Gasteiger partial charge on any atom is 0.393 e. The minimum Gasteiger partial charge on any atom is -0.302 e. The van der Waals surface area contributed by atoms with Crippen molar-refractivity contribution >= 4 is 23.6 Å². The van der Waals surface area contributed by atoms with Gasteiger partial charge in [0.25, 0.3) is 0 Å². The van der Waals surface area contributed by atoms with Crippen LogP contribution in [0.5, 0.6) is 0 Å². The van der Waals surface area contributed by atoms with E-state index in [4.69, 9.17) is 12.2 Å². The molecule has 4 nitrogen and oxygen atoms in total. The molecule has 2 aromatic rings. The van der Waals surface area contributed by atoms with Crippen molar-refractivity contribution in [1.82, 2.24) is 19.2 Å². The molecule has 0 amide bonds. The number of piperidine rings is 1. The van der Waals surface area contributed by atoms with Gasteiger partial charge in [-0.15, -0.1) is 16.4 Å². The summed E-state index contributed by atoms with van der Waals surface area (Å²) < 4.78 is 42.7. The number of alkyl halides is 3. The SMILES string of the molecule is Cn1c(-c2cccs2)nn(CN2CCC[C@H](C(F)(F)F)C2)c1=S. The number of hydrogen-bond acceptors (Lipinski definition) is 4. The van der Waals surface area contributed by atoms with E-state index in [1.807, 2.05) is 24.6 Å². The van der Waals surface area contributed by atoms with Crippen molar-refractivity contribution in [1.29, 1.82) is 0 Å². The van der Waals surface area contributed by atoms with E-state index in [1.54, 1.807) is 25.5 Å². The van der Waals surface area contributed by atoms with Crippen molar-refractivity contribution in [3.63, 3.8) is 0 Å². The third-order valence-corrected chi connectivity index (χ3v) is 5.44. The zero-order chi connectivity index (χ0) is 16.6. The number of thiophene rings is 1. The zero-order valence-corrected chi connectivity index (χ0v) is 14.2. The van der Waals surface area contributed by atoms with Crippen molar-refractivity contribution in [2.75, 3.05) is 13.1 Å². The molecule has 0 spiro atoms. The molecule has 126 valence electrons. The number of aromatic nitrogens is 3. The molecule has 0 aliphatic carbocycles. The van der Waals surface area contributed by atoms with Crippen LogP contribution >= 0.6 is 23.6 Å². The Kier molecular flexibility index (Phi) is 4.61. The van der Waals surface area contributed by atoms with E-state index in [1.165, 1.54) is 0 Å². The molecule has 3 heterocycles. The lowest BCUT2D eigenvalue weighted by Gasteiger charge is -2.33. The number of likely N-dealkylation sites (tertiary alicyclic amines) is 1. The fourth-order valence-electron chi connectivity index (χ4n) is 2.84. The molecule has 3 rings (SSSR count). The predicted molar refractivity (Wildman–Crippen MR) is 85.7 cm³/mol. The van der Waals surface area contributed by atoms with E-state index in [-0.39, 0.29) is 13.0 Å². The standard InChI is InChI=1S/C14H17F3N4S2/c1-19-12(11-5-3-7-23-11)18-21(13(19)22)9-20-6-2-4-10(8-20)14(15,16)17/h3,5,7,10H,2,4,6,8-9H2,1H3/t10-/m0/s1. The van der Waals surface area contributed by atoms with E-state index < -0.39 is 12.1 Å². The largest absolute Gasteiger partial charge is 0.393 e. The van der Waals surface area contributed by atoms with Gasteiger partial charge in [0.1, 0.15) is 0 Å². The summed E-state index contributed by atoms with van der Waals surface area (Å²) in [5, 5.41) is 6.45. The summed E-state index contributed by atoms with van der Waals surface area (Å²) >= 11 is 6.94. The fraction of sp³-hybridized carbons (Fsp3) is 0.571. The fourth-order valence-corrected chi connectivity index (χ4v) is 3.77. The Morgan fingerprint density at radius 2 is 2.22 bits per heavy atom. The Hall–Kier alpha value is -1.19. The van der Waals surface area contributed by atoms with E-state index in [9.17, 15) is 13.2 Å². The molecule has 0 aromatic carbocycles. The van der Waals surface area contributed by atoms with Crippen LogP contribution < -0.4 is 0 Å². The first-order valence-electron chi connectivity index (χ1n) is 7.33. The predicted octanol–water partition coefficient (Wildman–Crippen LogP) is 3.91. The second kappa shape index (κ2) is 6.37. The number of halogens is 3. The van der Waals surface area contributed by atoms with Gasteiger partial charge in [-0.25, -0.2) is 4.68 Å². The summed E-state index contributed by atoms with van der Waals surface area (Å²) in [7, 11) is 1.83. The van der Waals surface area contributed by atoms with Crippen LogP contribution in [0, 0.1) is 10.7 Å². The minimum absolute atomic E-state index is 0.0101. The monoisotopic (exact) mass is 362 g/mol. The molecule has 0 unspecified atom stereocenters. The second-order valence-electron chi connectivity index (χ2n) is 5.74. The second-order valence-corrected chi connectivity index (χ2v) is 7.05. The lowest BCUT2D eigenvalue weighted by Crippen LogP contribution is -2.42. The molecule has 23 heavy (non-hydrogen) atoms. The maximum absolute atomic E-state index is 12.9. The first kappa shape index (κ1) is 16.7. The average Bonchev–Trinajstić information content (AvgIpc) is 3.11. The summed E-state index contributed by atoms with van der Waals surface area (Å²) in [5.74, 6) is -0.514. The third kappa shape index (κ3) is 3.51. The molecule has 0 bridgehead atoms. The molecule has 9 heteroatoms. The number of rotatable bonds is 3. The van der Waals surface area contributed by atoms with Crippen LogP contribution in [0.4, 0.5) is 13.2 Å². The maximum atomic E-state index is 12.9. The quantitative estimate of drug-likeness (QED) is 0.775. The van der Waals surface area contributed by atoms with E-state index in [0.717, 1.165) is 10.7 Å². The Balaban J connectivity index is 1.78. The molecule has 1 aliphatic rings. The Morgan fingerprint density at radius 3 is 2.87 bits per heavy atom. The molecule has 1 aliphatic heterocycles. The van der Waals surface area contributed by atoms with Gasteiger partial charge in [0.15, 0.2) is 10.6 Å². The topological polar surface area (TPSA) is 26.0 Å². The van der Waals surface area contributed by atoms with Crippen LogP contribution in [0.2, 0.25) is 0 Å². The van der Waals surface area contributed by atoms with Gasteiger partial charge in [-0.1, -0.05) is 6.07 Å². The first-order valence-corrected chi connectivity index (χ1v) is 8.62. The highest BCUT2D eigenvalue weighted by Gasteiger charge is 2.41. The third-order valence-electron chi connectivity index (χ3n) is 4.08. The van der Waals surface area contributed by atoms with E-state index in [0.29, 0.717) is 24.4 Å². The Morgan fingerprint density at radius 1 is 1.43 bits per heavy atom. The highest BCUT2D eigenvalue weighted by molar-refractivity contribution is 7.71. The van der Waals surface area contributed by atoms with Crippen LogP contribution in [0.1, 0.15) is 12.8 Å². The number of nitrogens with zero attached hydrogens (tertiary/aromatic N) is 4. The van der Waals surface area contributed by atoms with Gasteiger partial charge in [0, 0.05) is 13.6 Å². The van der Waals surface area contributed by atoms with Crippen molar-refractivity contribution in [2.24, 2.45) is 13.0 Å². The summed E-state index contributed by atoms with van der Waals surface area (Å²) in [6, 6.07) is 3.88. The Labute approximate surface area is 141 Å². The van der Waals surface area contributed by atoms with E-state index in [2.05, 4.69) is 5.10 Å². The first-order chi connectivity index (χ1) is 10.9. The molecule has 0 saturated carbocycles. The molecular weight excluding hydrogens is 345 g/mol. The summed E-state index contributed by atoms with van der Waals surface area (Å²) in [5.41, 5.74) is 0. The average molecular weight is 362 g/mol. The van der Waals surface area contributed by atoms with Crippen LogP contribution in [0.25, 0.3) is 10.7 Å². The molecule has 1 saturated heterocycles. The molecule has 0 N–H and O–H groups in total. The van der Waals surface area contributed by atoms with Gasteiger partial charge >= 0.3 is 6.18 Å². The van der Waals surface area contributed by atoms with Crippen molar-refractivity contribution in [3.8, 4) is 10.7 Å².